The van der Waals surface area contributed by atoms with Crippen LogP contribution < -0.4 is 11.2 Å². The van der Waals surface area contributed by atoms with Crippen molar-refractivity contribution in [1.82, 2.24) is 5.48 Å². The molecule has 1 rings (SSSR count). The predicted octanol–water partition coefficient (Wildman–Crippen LogP) is 1.11. The molecule has 0 aromatic carbocycles. The van der Waals surface area contributed by atoms with Gasteiger partial charge in [-0.1, -0.05) is 0 Å². The van der Waals surface area contributed by atoms with Gasteiger partial charge in [-0.3, -0.25) is 9.63 Å². The first kappa shape index (κ1) is 13.2. The molecule has 1 fully saturated rings. The van der Waals surface area contributed by atoms with Gasteiger partial charge < -0.3 is 5.73 Å². The number of amides is 1. The molecule has 1 saturated carbocycles. The SMILES string of the molecule is NC(=O)CONC1CCC(C(F)(F)F)CC1. The molecule has 7 heteroatoms. The van der Waals surface area contributed by atoms with E-state index in [1.54, 1.807) is 0 Å². The van der Waals surface area contributed by atoms with Crippen LogP contribution in [0.3, 0.4) is 0 Å². The number of hydrogen-bond acceptors (Lipinski definition) is 3. The number of hydrogen-bond donors (Lipinski definition) is 2. The van der Waals surface area contributed by atoms with Crippen molar-refractivity contribution < 1.29 is 22.8 Å². The minimum Gasteiger partial charge on any atom is -0.368 e. The Morgan fingerprint density at radius 2 is 1.88 bits per heavy atom. The van der Waals surface area contributed by atoms with E-state index in [0.717, 1.165) is 0 Å². The Hall–Kier alpha value is -0.820. The molecule has 0 aromatic heterocycles. The molecule has 0 aromatic rings. The Labute approximate surface area is 91.3 Å². The van der Waals surface area contributed by atoms with Gasteiger partial charge in [0.2, 0.25) is 5.91 Å². The molecule has 94 valence electrons. The van der Waals surface area contributed by atoms with Crippen LogP contribution in [0.5, 0.6) is 0 Å². The zero-order valence-electron chi connectivity index (χ0n) is 8.72. The average molecular weight is 240 g/mol. The Morgan fingerprint density at radius 3 is 2.31 bits per heavy atom. The Balaban J connectivity index is 2.19. The molecule has 0 saturated heterocycles. The first-order valence-electron chi connectivity index (χ1n) is 5.12. The van der Waals surface area contributed by atoms with Crippen LogP contribution in [0, 0.1) is 5.92 Å². The molecule has 0 bridgehead atoms. The van der Waals surface area contributed by atoms with Gasteiger partial charge in [-0.2, -0.15) is 18.7 Å². The van der Waals surface area contributed by atoms with E-state index in [9.17, 15) is 18.0 Å². The van der Waals surface area contributed by atoms with Crippen molar-refractivity contribution in [2.45, 2.75) is 37.9 Å². The molecule has 0 spiro atoms. The zero-order valence-corrected chi connectivity index (χ0v) is 8.72. The first-order valence-corrected chi connectivity index (χ1v) is 5.12. The van der Waals surface area contributed by atoms with Gasteiger partial charge in [0.05, 0.1) is 5.92 Å². The van der Waals surface area contributed by atoms with Gasteiger partial charge in [0.1, 0.15) is 6.61 Å². The molecule has 0 aliphatic heterocycles. The summed E-state index contributed by atoms with van der Waals surface area (Å²) in [6.45, 7) is -0.265. The Kier molecular flexibility index (Phi) is 4.55. The molecule has 4 nitrogen and oxygen atoms in total. The molecule has 3 N–H and O–H groups in total. The van der Waals surface area contributed by atoms with Crippen LogP contribution in [0.15, 0.2) is 0 Å². The van der Waals surface area contributed by atoms with Crippen LogP contribution >= 0.6 is 0 Å². The third-order valence-electron chi connectivity index (χ3n) is 2.65. The number of carbonyl (C=O) groups is 1. The van der Waals surface area contributed by atoms with Crippen molar-refractivity contribution in [2.75, 3.05) is 6.61 Å². The molecule has 0 heterocycles. The lowest BCUT2D eigenvalue weighted by Crippen LogP contribution is -2.38. The standard InChI is InChI=1S/C9H15F3N2O2/c10-9(11,12)6-1-3-7(4-2-6)14-16-5-8(13)15/h6-7,14H,1-5H2,(H2,13,15). The van der Waals surface area contributed by atoms with Crippen molar-refractivity contribution in [3.63, 3.8) is 0 Å². The summed E-state index contributed by atoms with van der Waals surface area (Å²) in [5.41, 5.74) is 7.39. The highest BCUT2D eigenvalue weighted by Gasteiger charge is 2.41. The highest BCUT2D eigenvalue weighted by Crippen LogP contribution is 2.37. The molecule has 1 aliphatic rings. The summed E-state index contributed by atoms with van der Waals surface area (Å²) in [7, 11) is 0. The molecule has 0 unspecified atom stereocenters. The molecule has 0 atom stereocenters. The van der Waals surface area contributed by atoms with Crippen LogP contribution in [0.2, 0.25) is 0 Å². The second-order valence-corrected chi connectivity index (χ2v) is 3.96. The fraction of sp³-hybridized carbons (Fsp3) is 0.889. The number of hydroxylamine groups is 1. The highest BCUT2D eigenvalue weighted by atomic mass is 19.4. The second kappa shape index (κ2) is 5.49. The monoisotopic (exact) mass is 240 g/mol. The van der Waals surface area contributed by atoms with Gasteiger partial charge in [-0.15, -0.1) is 0 Å². The molecular weight excluding hydrogens is 225 g/mol. The smallest absolute Gasteiger partial charge is 0.368 e. The van der Waals surface area contributed by atoms with Crippen LogP contribution in [-0.4, -0.2) is 24.7 Å². The predicted molar refractivity (Wildman–Crippen MR) is 50.1 cm³/mol. The van der Waals surface area contributed by atoms with E-state index in [0.29, 0.717) is 12.8 Å². The number of primary amides is 1. The maximum Gasteiger partial charge on any atom is 0.391 e. The van der Waals surface area contributed by atoms with Crippen molar-refractivity contribution in [3.05, 3.63) is 0 Å². The largest absolute Gasteiger partial charge is 0.391 e. The Morgan fingerprint density at radius 1 is 1.31 bits per heavy atom. The molecular formula is C9H15F3N2O2. The van der Waals surface area contributed by atoms with Gasteiger partial charge in [0.25, 0.3) is 0 Å². The number of halogens is 3. The minimum atomic E-state index is -4.10. The fourth-order valence-electron chi connectivity index (χ4n) is 1.77. The number of carbonyl (C=O) groups excluding carboxylic acids is 1. The van der Waals surface area contributed by atoms with Gasteiger partial charge in [0.15, 0.2) is 0 Å². The van der Waals surface area contributed by atoms with Crippen LogP contribution in [0.1, 0.15) is 25.7 Å². The van der Waals surface area contributed by atoms with Crippen LogP contribution in [0.4, 0.5) is 13.2 Å². The third-order valence-corrected chi connectivity index (χ3v) is 2.65. The number of alkyl halides is 3. The number of rotatable bonds is 4. The molecule has 1 aliphatic carbocycles. The van der Waals surface area contributed by atoms with Gasteiger partial charge >= 0.3 is 6.18 Å². The maximum absolute atomic E-state index is 12.3. The maximum atomic E-state index is 12.3. The van der Waals surface area contributed by atoms with E-state index < -0.39 is 18.0 Å². The average Bonchev–Trinajstić information content (AvgIpc) is 2.16. The number of nitrogens with two attached hydrogens (primary N) is 1. The van der Waals surface area contributed by atoms with E-state index in [4.69, 9.17) is 10.6 Å². The summed E-state index contributed by atoms with van der Waals surface area (Å²) < 4.78 is 36.9. The van der Waals surface area contributed by atoms with Crippen LogP contribution in [0.25, 0.3) is 0 Å². The minimum absolute atomic E-state index is 0.0983. The van der Waals surface area contributed by atoms with E-state index >= 15 is 0 Å². The molecule has 1 amide bonds. The molecule has 0 radical (unpaired) electrons. The lowest BCUT2D eigenvalue weighted by molar-refractivity contribution is -0.184. The normalized spacial score (nSPS) is 26.7. The topological polar surface area (TPSA) is 64.4 Å². The van der Waals surface area contributed by atoms with Crippen molar-refractivity contribution in [1.29, 1.82) is 0 Å². The third kappa shape index (κ3) is 4.36. The molecule has 16 heavy (non-hydrogen) atoms. The number of nitrogens with one attached hydrogen (secondary N) is 1. The summed E-state index contributed by atoms with van der Waals surface area (Å²) in [6.07, 6.45) is -3.12. The Bertz CT molecular complexity index is 237. The summed E-state index contributed by atoms with van der Waals surface area (Å²) in [5.74, 6) is -1.82. The summed E-state index contributed by atoms with van der Waals surface area (Å²) in [6, 6.07) is -0.127. The lowest BCUT2D eigenvalue weighted by atomic mass is 9.86. The van der Waals surface area contributed by atoms with Crippen molar-refractivity contribution in [2.24, 2.45) is 11.7 Å². The van der Waals surface area contributed by atoms with Gasteiger partial charge in [-0.05, 0) is 25.7 Å². The fourth-order valence-corrected chi connectivity index (χ4v) is 1.77. The summed E-state index contributed by atoms with van der Waals surface area (Å²) in [5, 5.41) is 0. The summed E-state index contributed by atoms with van der Waals surface area (Å²) in [4.78, 5) is 15.1. The highest BCUT2D eigenvalue weighted by molar-refractivity contribution is 5.74. The van der Waals surface area contributed by atoms with Crippen molar-refractivity contribution >= 4 is 5.91 Å². The first-order chi connectivity index (χ1) is 7.39. The van der Waals surface area contributed by atoms with Gasteiger partial charge in [-0.25, -0.2) is 0 Å². The van der Waals surface area contributed by atoms with E-state index in [-0.39, 0.29) is 25.5 Å². The zero-order chi connectivity index (χ0) is 12.2. The second-order valence-electron chi connectivity index (χ2n) is 3.96. The summed E-state index contributed by atoms with van der Waals surface area (Å²) >= 11 is 0. The van der Waals surface area contributed by atoms with E-state index in [2.05, 4.69) is 5.48 Å². The van der Waals surface area contributed by atoms with Crippen LogP contribution in [-0.2, 0) is 9.63 Å². The quantitative estimate of drug-likeness (QED) is 0.723. The van der Waals surface area contributed by atoms with Gasteiger partial charge in [0, 0.05) is 6.04 Å². The lowest BCUT2D eigenvalue weighted by Gasteiger charge is -2.29. The van der Waals surface area contributed by atoms with E-state index in [1.807, 2.05) is 0 Å². The van der Waals surface area contributed by atoms with Crippen molar-refractivity contribution in [3.8, 4) is 0 Å². The van der Waals surface area contributed by atoms with E-state index in [1.165, 1.54) is 0 Å².